The molecular weight excluding hydrogens is 455 g/mol. The molecule has 0 heterocycles. The monoisotopic (exact) mass is 484 g/mol. The van der Waals surface area contributed by atoms with E-state index in [1.54, 1.807) is 0 Å². The Kier molecular flexibility index (Phi) is 9.03. The second kappa shape index (κ2) is 9.48. The fourth-order valence-electron chi connectivity index (χ4n) is 2.64. The van der Waals surface area contributed by atoms with Gasteiger partial charge in [-0.3, -0.25) is 0 Å². The molecule has 1 unspecified atom stereocenters. The van der Waals surface area contributed by atoms with Crippen LogP contribution in [0.15, 0.2) is 30.3 Å². The maximum Gasteiger partial charge on any atom is 0.350 e. The van der Waals surface area contributed by atoms with E-state index in [1.807, 2.05) is 50.0 Å². The van der Waals surface area contributed by atoms with Crippen LogP contribution in [0.25, 0.3) is 0 Å². The van der Waals surface area contributed by atoms with Crippen LogP contribution in [0.4, 0.5) is 0 Å². The summed E-state index contributed by atoms with van der Waals surface area (Å²) < 4.78 is 24.5. The molecule has 0 fully saturated rings. The Balaban J connectivity index is 2.83. The molecule has 1 aromatic carbocycles. The van der Waals surface area contributed by atoms with Crippen LogP contribution in [-0.4, -0.2) is 48.2 Å². The summed E-state index contributed by atoms with van der Waals surface area (Å²) in [5.41, 5.74) is 0. The van der Waals surface area contributed by atoms with Crippen molar-refractivity contribution in [3.8, 4) is 0 Å². The third-order valence-corrected chi connectivity index (χ3v) is 20.7. The van der Waals surface area contributed by atoms with Gasteiger partial charge in [0.2, 0.25) is 0 Å². The molecule has 26 heavy (non-hydrogen) atoms. The zero-order valence-corrected chi connectivity index (χ0v) is 23.4. The van der Waals surface area contributed by atoms with Gasteiger partial charge in [-0.25, -0.2) is 0 Å². The molecule has 1 rings (SSSR count). The Morgan fingerprint density at radius 2 is 1.27 bits per heavy atom. The highest BCUT2D eigenvalue weighted by Gasteiger charge is 2.48. The smallest absolute Gasteiger partial charge is 0.350 e. The lowest BCUT2D eigenvalue weighted by Gasteiger charge is -2.41. The van der Waals surface area contributed by atoms with Crippen LogP contribution in [0.2, 0.25) is 52.4 Å². The zero-order valence-electron chi connectivity index (χ0n) is 16.9. The Labute approximate surface area is 175 Å². The number of rotatable bonds is 10. The average Bonchev–Trinajstić information content (AvgIpc) is 2.41. The summed E-state index contributed by atoms with van der Waals surface area (Å²) >= 11 is 12.5. The number of benzene rings is 1. The molecule has 11 heteroatoms. The van der Waals surface area contributed by atoms with Gasteiger partial charge in [-0.05, 0) is 57.6 Å². The van der Waals surface area contributed by atoms with Crippen LogP contribution in [0.1, 0.15) is 0 Å². The lowest BCUT2D eigenvalue weighted by molar-refractivity contribution is 0.302. The standard InChI is InChI=1S/C15H30Cl2O4Si5/c1-23(2,3)19-24(4,5)20-25(6,7)21-26(8,15(16)17)18-22-14-12-10-9-11-13-14/h9-13,15H,1-8H3. The fraction of sp³-hybridized carbons (Fsp3) is 0.600. The van der Waals surface area contributed by atoms with E-state index >= 15 is 0 Å². The van der Waals surface area contributed by atoms with E-state index in [0.717, 1.165) is 5.19 Å². The molecule has 0 aromatic heterocycles. The van der Waals surface area contributed by atoms with E-state index in [1.165, 1.54) is 0 Å². The van der Waals surface area contributed by atoms with Gasteiger partial charge in [0.15, 0.2) is 8.32 Å². The predicted octanol–water partition coefficient (Wildman–Crippen LogP) is 4.65. The molecule has 4 nitrogen and oxygen atoms in total. The molecule has 148 valence electrons. The minimum absolute atomic E-state index is 0.135. The van der Waals surface area contributed by atoms with Crippen molar-refractivity contribution < 1.29 is 16.5 Å². The van der Waals surface area contributed by atoms with Crippen molar-refractivity contribution >= 4 is 72.2 Å². The molecule has 2 radical (unpaired) electrons. The van der Waals surface area contributed by atoms with E-state index in [2.05, 4.69) is 32.7 Å². The minimum atomic E-state index is -2.85. The third kappa shape index (κ3) is 9.28. The van der Waals surface area contributed by atoms with E-state index in [4.69, 9.17) is 39.7 Å². The third-order valence-electron chi connectivity index (χ3n) is 3.03. The Bertz CT molecular complexity index is 569. The van der Waals surface area contributed by atoms with E-state index in [9.17, 15) is 0 Å². The van der Waals surface area contributed by atoms with Crippen molar-refractivity contribution in [3.63, 3.8) is 0 Å². The fourth-order valence-corrected chi connectivity index (χ4v) is 22.7. The highest BCUT2D eigenvalue weighted by molar-refractivity contribution is 6.94. The molecule has 0 bridgehead atoms. The van der Waals surface area contributed by atoms with Crippen LogP contribution in [-0.2, 0) is 16.5 Å². The molecular formula is C15H30Cl2O4Si5. The lowest BCUT2D eigenvalue weighted by Crippen LogP contribution is -2.60. The van der Waals surface area contributed by atoms with Crippen molar-refractivity contribution in [1.82, 2.24) is 0 Å². The normalized spacial score (nSPS) is 16.0. The summed E-state index contributed by atoms with van der Waals surface area (Å²) in [7, 11) is -9.27. The SMILES string of the molecule is C[Si](C)(C)O[Si](C)(C)O[Si](C)(C)O[Si](C)(O[Si]c1ccccc1)C(Cl)Cl. The van der Waals surface area contributed by atoms with Crippen molar-refractivity contribution in [2.45, 2.75) is 56.8 Å². The highest BCUT2D eigenvalue weighted by Crippen LogP contribution is 2.28. The van der Waals surface area contributed by atoms with Gasteiger partial charge in [0.05, 0.1) is 0 Å². The summed E-state index contributed by atoms with van der Waals surface area (Å²) in [4.78, 5) is 0. The van der Waals surface area contributed by atoms with E-state index in [-0.39, 0.29) is 9.76 Å². The van der Waals surface area contributed by atoms with Crippen LogP contribution in [0.5, 0.6) is 0 Å². The van der Waals surface area contributed by atoms with Crippen LogP contribution in [0.3, 0.4) is 0 Å². The van der Waals surface area contributed by atoms with Crippen LogP contribution >= 0.6 is 23.2 Å². The molecule has 0 N–H and O–H groups in total. The number of halogens is 2. The van der Waals surface area contributed by atoms with Gasteiger partial charge in [-0.2, -0.15) is 0 Å². The van der Waals surface area contributed by atoms with Gasteiger partial charge in [-0.1, -0.05) is 30.3 Å². The summed E-state index contributed by atoms with van der Waals surface area (Å²) in [6, 6.07) is 9.97. The lowest BCUT2D eigenvalue weighted by atomic mass is 10.4. The van der Waals surface area contributed by atoms with Crippen molar-refractivity contribution in [2.75, 3.05) is 0 Å². The molecule has 1 atom stereocenters. The molecule has 0 aliphatic rings. The highest BCUT2D eigenvalue weighted by atomic mass is 35.5. The largest absolute Gasteiger partial charge is 0.437 e. The molecule has 0 aliphatic carbocycles. The first-order valence-corrected chi connectivity index (χ1v) is 21.7. The molecule has 1 aromatic rings. The van der Waals surface area contributed by atoms with Gasteiger partial charge in [0, 0.05) is 0 Å². The van der Waals surface area contributed by atoms with Gasteiger partial charge in [0.1, 0.15) is 4.46 Å². The first kappa shape index (κ1) is 24.8. The molecule has 0 amide bonds. The maximum absolute atomic E-state index is 6.41. The first-order valence-electron chi connectivity index (χ1n) is 8.52. The quantitative estimate of drug-likeness (QED) is 0.357. The first-order chi connectivity index (χ1) is 11.6. The number of hydrogen-bond acceptors (Lipinski definition) is 4. The van der Waals surface area contributed by atoms with Crippen LogP contribution < -0.4 is 5.19 Å². The minimum Gasteiger partial charge on any atom is -0.437 e. The summed E-state index contributed by atoms with van der Waals surface area (Å²) in [5, 5.41) is 1.08. The van der Waals surface area contributed by atoms with E-state index < -0.39 is 38.5 Å². The van der Waals surface area contributed by atoms with Gasteiger partial charge in [-0.15, -0.1) is 23.2 Å². The molecule has 0 spiro atoms. The topological polar surface area (TPSA) is 36.9 Å². The molecule has 0 saturated carbocycles. The van der Waals surface area contributed by atoms with E-state index in [0.29, 0.717) is 0 Å². The van der Waals surface area contributed by atoms with Crippen LogP contribution in [0, 0.1) is 0 Å². The van der Waals surface area contributed by atoms with Gasteiger partial charge >= 0.3 is 25.7 Å². The predicted molar refractivity (Wildman–Crippen MR) is 122 cm³/mol. The van der Waals surface area contributed by atoms with Crippen molar-refractivity contribution in [3.05, 3.63) is 30.3 Å². The maximum atomic E-state index is 6.41. The molecule has 0 saturated heterocycles. The zero-order chi connectivity index (χ0) is 20.2. The second-order valence-electron chi connectivity index (χ2n) is 8.11. The molecule has 0 aliphatic heterocycles. The number of alkyl halides is 2. The second-order valence-corrected chi connectivity index (χ2v) is 26.4. The summed E-state index contributed by atoms with van der Waals surface area (Å²) in [6.45, 7) is 16.5. The Morgan fingerprint density at radius 3 is 1.73 bits per heavy atom. The van der Waals surface area contributed by atoms with Crippen molar-refractivity contribution in [2.24, 2.45) is 0 Å². The Hall–Kier alpha value is 0.724. The van der Waals surface area contributed by atoms with Crippen molar-refractivity contribution in [1.29, 1.82) is 0 Å². The van der Waals surface area contributed by atoms with Gasteiger partial charge < -0.3 is 16.5 Å². The average molecular weight is 486 g/mol. The number of hydrogen-bond donors (Lipinski definition) is 0. The summed E-state index contributed by atoms with van der Waals surface area (Å²) in [5.74, 6) is 0. The summed E-state index contributed by atoms with van der Waals surface area (Å²) in [6.07, 6.45) is 0. The Morgan fingerprint density at radius 1 is 0.769 bits per heavy atom. The van der Waals surface area contributed by atoms with Gasteiger partial charge in [0.25, 0.3) is 9.76 Å².